The lowest BCUT2D eigenvalue weighted by Crippen LogP contribution is -2.25. The molecule has 158 valence electrons. The number of rotatable bonds is 8. The largest absolute Gasteiger partial charge is 0.352 e. The number of amides is 1. The van der Waals surface area contributed by atoms with Crippen LogP contribution in [-0.2, 0) is 16.4 Å². The fraction of sp³-hybridized carbons (Fsp3) is 0.250. The normalized spacial score (nSPS) is 11.3. The molecule has 0 aliphatic heterocycles. The first-order chi connectivity index (χ1) is 14.2. The second kappa shape index (κ2) is 9.27. The molecule has 0 fully saturated rings. The highest BCUT2D eigenvalue weighted by molar-refractivity contribution is 7.92. The Labute approximate surface area is 179 Å². The van der Waals surface area contributed by atoms with E-state index in [2.05, 4.69) is 20.2 Å². The van der Waals surface area contributed by atoms with Gasteiger partial charge in [0.15, 0.2) is 5.82 Å². The Hall–Kier alpha value is -2.91. The maximum absolute atomic E-state index is 12.7. The summed E-state index contributed by atoms with van der Waals surface area (Å²) in [6.07, 6.45) is 1.10. The van der Waals surface area contributed by atoms with Gasteiger partial charge in [0.25, 0.3) is 15.9 Å². The molecule has 0 aliphatic rings. The minimum atomic E-state index is -3.88. The number of carbonyl (C=O) groups excluding carboxylic acids is 1. The molecular weight excluding hydrogens is 428 g/mol. The lowest BCUT2D eigenvalue weighted by atomic mass is 10.2. The summed E-state index contributed by atoms with van der Waals surface area (Å²) in [5, 5.41) is 6.59. The van der Waals surface area contributed by atoms with Gasteiger partial charge < -0.3 is 9.84 Å². The Balaban J connectivity index is 1.66. The molecule has 0 aliphatic carbocycles. The predicted molar refractivity (Wildman–Crippen MR) is 113 cm³/mol. The number of nitrogens with one attached hydrogen (secondary N) is 2. The van der Waals surface area contributed by atoms with Crippen LogP contribution >= 0.6 is 11.6 Å². The van der Waals surface area contributed by atoms with E-state index in [0.717, 1.165) is 5.56 Å². The van der Waals surface area contributed by atoms with Crippen molar-refractivity contribution in [3.8, 4) is 0 Å². The molecule has 0 saturated carbocycles. The number of carbonyl (C=O) groups is 1. The molecule has 1 aromatic heterocycles. The van der Waals surface area contributed by atoms with Crippen molar-refractivity contribution in [1.82, 2.24) is 15.5 Å². The van der Waals surface area contributed by atoms with E-state index < -0.39 is 15.9 Å². The topological polar surface area (TPSA) is 114 Å². The molecule has 2 N–H and O–H groups in total. The average molecular weight is 449 g/mol. The summed E-state index contributed by atoms with van der Waals surface area (Å²) in [6.45, 7) is 3.93. The minimum Gasteiger partial charge on any atom is -0.352 e. The van der Waals surface area contributed by atoms with Gasteiger partial charge in [-0.3, -0.25) is 9.52 Å². The van der Waals surface area contributed by atoms with Gasteiger partial charge >= 0.3 is 0 Å². The molecular formula is C20H21ClN4O4S. The molecule has 30 heavy (non-hydrogen) atoms. The summed E-state index contributed by atoms with van der Waals surface area (Å²) in [4.78, 5) is 16.5. The van der Waals surface area contributed by atoms with Gasteiger partial charge in [0.2, 0.25) is 5.89 Å². The monoisotopic (exact) mass is 448 g/mol. The van der Waals surface area contributed by atoms with Gasteiger partial charge in [-0.1, -0.05) is 28.9 Å². The first-order valence-corrected chi connectivity index (χ1v) is 11.1. The van der Waals surface area contributed by atoms with Crippen molar-refractivity contribution in [3.63, 3.8) is 0 Å². The molecule has 0 saturated heterocycles. The summed E-state index contributed by atoms with van der Waals surface area (Å²) < 4.78 is 32.9. The van der Waals surface area contributed by atoms with Crippen molar-refractivity contribution in [2.24, 2.45) is 0 Å². The van der Waals surface area contributed by atoms with E-state index in [4.69, 9.17) is 16.1 Å². The standard InChI is InChI=1S/C20H21ClN4O4S/c1-13-5-3-6-15(11-13)25-30(27,28)16-8-9-18(21)17(12-16)20(26)22-10-4-7-19-23-14(2)24-29-19/h3,5-6,8-9,11-12,25H,4,7,10H2,1-2H3,(H,22,26). The van der Waals surface area contributed by atoms with Gasteiger partial charge in [0.1, 0.15) is 0 Å². The van der Waals surface area contributed by atoms with Gasteiger partial charge in [-0.15, -0.1) is 0 Å². The Morgan fingerprint density at radius 3 is 2.67 bits per heavy atom. The summed E-state index contributed by atoms with van der Waals surface area (Å²) in [5.41, 5.74) is 1.44. The Morgan fingerprint density at radius 1 is 1.17 bits per heavy atom. The highest BCUT2D eigenvalue weighted by Crippen LogP contribution is 2.23. The van der Waals surface area contributed by atoms with Crippen molar-refractivity contribution < 1.29 is 17.7 Å². The van der Waals surface area contributed by atoms with Crippen LogP contribution < -0.4 is 10.0 Å². The van der Waals surface area contributed by atoms with Crippen LogP contribution in [0.2, 0.25) is 5.02 Å². The van der Waals surface area contributed by atoms with E-state index in [-0.39, 0.29) is 15.5 Å². The third-order valence-corrected chi connectivity index (χ3v) is 5.89. The molecule has 0 spiro atoms. The van der Waals surface area contributed by atoms with Crippen LogP contribution in [0.3, 0.4) is 0 Å². The van der Waals surface area contributed by atoms with Crippen molar-refractivity contribution in [2.75, 3.05) is 11.3 Å². The van der Waals surface area contributed by atoms with Crippen LogP contribution in [-0.4, -0.2) is 31.0 Å². The number of aryl methyl sites for hydroxylation is 3. The molecule has 8 nitrogen and oxygen atoms in total. The lowest BCUT2D eigenvalue weighted by molar-refractivity contribution is 0.0953. The molecule has 1 heterocycles. The summed E-state index contributed by atoms with van der Waals surface area (Å²) in [7, 11) is -3.88. The first-order valence-electron chi connectivity index (χ1n) is 9.21. The Bertz CT molecular complexity index is 1160. The molecule has 0 bridgehead atoms. The average Bonchev–Trinajstić information content (AvgIpc) is 3.10. The van der Waals surface area contributed by atoms with E-state index in [1.165, 1.54) is 18.2 Å². The van der Waals surface area contributed by atoms with E-state index in [9.17, 15) is 13.2 Å². The number of hydrogen-bond donors (Lipinski definition) is 2. The van der Waals surface area contributed by atoms with Crippen LogP contribution in [0.1, 0.15) is 34.1 Å². The van der Waals surface area contributed by atoms with Crippen molar-refractivity contribution >= 4 is 33.2 Å². The lowest BCUT2D eigenvalue weighted by Gasteiger charge is -2.11. The second-order valence-corrected chi connectivity index (χ2v) is 8.80. The van der Waals surface area contributed by atoms with E-state index >= 15 is 0 Å². The van der Waals surface area contributed by atoms with Crippen LogP contribution in [0.5, 0.6) is 0 Å². The third-order valence-electron chi connectivity index (χ3n) is 4.19. The maximum atomic E-state index is 12.7. The number of hydrogen-bond acceptors (Lipinski definition) is 6. The first kappa shape index (κ1) is 21.8. The smallest absolute Gasteiger partial charge is 0.261 e. The quantitative estimate of drug-likeness (QED) is 0.510. The number of aromatic nitrogens is 2. The van der Waals surface area contributed by atoms with E-state index in [1.54, 1.807) is 25.1 Å². The maximum Gasteiger partial charge on any atom is 0.261 e. The zero-order valence-corrected chi connectivity index (χ0v) is 18.0. The molecule has 0 atom stereocenters. The third kappa shape index (κ3) is 5.58. The van der Waals surface area contributed by atoms with Crippen molar-refractivity contribution in [3.05, 3.63) is 70.3 Å². The number of benzene rings is 2. The van der Waals surface area contributed by atoms with Crippen LogP contribution in [0.15, 0.2) is 51.9 Å². The summed E-state index contributed by atoms with van der Waals surface area (Å²) >= 11 is 6.12. The molecule has 0 radical (unpaired) electrons. The van der Waals surface area contributed by atoms with Crippen molar-refractivity contribution in [2.45, 2.75) is 31.6 Å². The fourth-order valence-electron chi connectivity index (χ4n) is 2.75. The molecule has 1 amide bonds. The zero-order valence-electron chi connectivity index (χ0n) is 16.5. The summed E-state index contributed by atoms with van der Waals surface area (Å²) in [5.74, 6) is 0.586. The van der Waals surface area contributed by atoms with Crippen LogP contribution in [0.4, 0.5) is 5.69 Å². The number of anilines is 1. The molecule has 2 aromatic carbocycles. The molecule has 3 rings (SSSR count). The zero-order chi connectivity index (χ0) is 21.7. The van der Waals surface area contributed by atoms with Crippen LogP contribution in [0.25, 0.3) is 0 Å². The highest BCUT2D eigenvalue weighted by Gasteiger charge is 2.19. The van der Waals surface area contributed by atoms with Gasteiger partial charge in [0.05, 0.1) is 15.5 Å². The Kier molecular flexibility index (Phi) is 6.73. The number of halogens is 1. The predicted octanol–water partition coefficient (Wildman–Crippen LogP) is 3.50. The Morgan fingerprint density at radius 2 is 1.97 bits per heavy atom. The van der Waals surface area contributed by atoms with Crippen LogP contribution in [0, 0.1) is 13.8 Å². The molecule has 3 aromatic rings. The number of nitrogens with zero attached hydrogens (tertiary/aromatic N) is 2. The summed E-state index contributed by atoms with van der Waals surface area (Å²) in [6, 6.07) is 11.0. The second-order valence-electron chi connectivity index (χ2n) is 6.71. The van der Waals surface area contributed by atoms with Gasteiger partial charge in [0, 0.05) is 18.7 Å². The fourth-order valence-corrected chi connectivity index (χ4v) is 4.03. The molecule has 10 heteroatoms. The molecule has 0 unspecified atom stereocenters. The van der Waals surface area contributed by atoms with E-state index in [1.807, 2.05) is 13.0 Å². The van der Waals surface area contributed by atoms with E-state index in [0.29, 0.717) is 36.8 Å². The minimum absolute atomic E-state index is 0.0557. The van der Waals surface area contributed by atoms with Gasteiger partial charge in [-0.05, 0) is 56.2 Å². The number of sulfonamides is 1. The van der Waals surface area contributed by atoms with Crippen molar-refractivity contribution in [1.29, 1.82) is 0 Å². The SMILES string of the molecule is Cc1cccc(NS(=O)(=O)c2ccc(Cl)c(C(=O)NCCCc3nc(C)no3)c2)c1. The van der Waals surface area contributed by atoms with Gasteiger partial charge in [-0.2, -0.15) is 4.98 Å². The highest BCUT2D eigenvalue weighted by atomic mass is 35.5. The van der Waals surface area contributed by atoms with Gasteiger partial charge in [-0.25, -0.2) is 8.42 Å².